The van der Waals surface area contributed by atoms with Gasteiger partial charge in [0.2, 0.25) is 0 Å². The van der Waals surface area contributed by atoms with E-state index in [1.54, 1.807) is 17.2 Å². The SMILES string of the molecule is CC(C)(C)OC(=O)N1CC[C@H](c2ccc(N)nc2)C1. The number of nitrogen functional groups attached to an aromatic ring is 1. The summed E-state index contributed by atoms with van der Waals surface area (Å²) in [6, 6.07) is 3.77. The quantitative estimate of drug-likeness (QED) is 0.844. The number of likely N-dealkylation sites (tertiary alicyclic amines) is 1. The normalized spacial score (nSPS) is 19.5. The van der Waals surface area contributed by atoms with Crippen LogP contribution in [0.4, 0.5) is 10.6 Å². The second-order valence-electron chi connectivity index (χ2n) is 5.93. The van der Waals surface area contributed by atoms with Gasteiger partial charge < -0.3 is 15.4 Å². The molecule has 1 aromatic heterocycles. The molecule has 1 atom stereocenters. The summed E-state index contributed by atoms with van der Waals surface area (Å²) in [4.78, 5) is 17.8. The van der Waals surface area contributed by atoms with Crippen LogP contribution in [0.15, 0.2) is 18.3 Å². The molecule has 0 radical (unpaired) electrons. The number of hydrogen-bond donors (Lipinski definition) is 1. The highest BCUT2D eigenvalue weighted by atomic mass is 16.6. The molecule has 1 aliphatic rings. The van der Waals surface area contributed by atoms with Crippen molar-refractivity contribution in [2.24, 2.45) is 0 Å². The van der Waals surface area contributed by atoms with Crippen molar-refractivity contribution >= 4 is 11.9 Å². The zero-order valence-electron chi connectivity index (χ0n) is 11.7. The summed E-state index contributed by atoms with van der Waals surface area (Å²) < 4.78 is 5.38. The zero-order valence-corrected chi connectivity index (χ0v) is 11.7. The molecule has 1 aliphatic heterocycles. The Morgan fingerprint density at radius 2 is 2.21 bits per heavy atom. The van der Waals surface area contributed by atoms with Gasteiger partial charge in [0.25, 0.3) is 0 Å². The predicted octanol–water partition coefficient (Wildman–Crippen LogP) is 2.39. The summed E-state index contributed by atoms with van der Waals surface area (Å²) in [5.41, 5.74) is 6.25. The number of amides is 1. The van der Waals surface area contributed by atoms with Gasteiger partial charge in [-0.2, -0.15) is 0 Å². The van der Waals surface area contributed by atoms with Gasteiger partial charge in [-0.3, -0.25) is 0 Å². The third-order valence-electron chi connectivity index (χ3n) is 3.12. The van der Waals surface area contributed by atoms with Gasteiger partial charge in [-0.25, -0.2) is 9.78 Å². The maximum atomic E-state index is 12.0. The fourth-order valence-corrected chi connectivity index (χ4v) is 2.18. The summed E-state index contributed by atoms with van der Waals surface area (Å²) in [5, 5.41) is 0. The molecule has 1 aromatic rings. The average Bonchev–Trinajstić information content (AvgIpc) is 2.77. The Morgan fingerprint density at radius 3 is 2.79 bits per heavy atom. The molecule has 0 bridgehead atoms. The third-order valence-corrected chi connectivity index (χ3v) is 3.12. The molecule has 2 rings (SSSR count). The molecule has 0 aliphatic carbocycles. The lowest BCUT2D eigenvalue weighted by atomic mass is 10.0. The van der Waals surface area contributed by atoms with Crippen molar-refractivity contribution in [3.63, 3.8) is 0 Å². The van der Waals surface area contributed by atoms with Gasteiger partial charge in [0.05, 0.1) is 0 Å². The van der Waals surface area contributed by atoms with Crippen LogP contribution in [0.5, 0.6) is 0 Å². The second kappa shape index (κ2) is 5.07. The molecule has 1 saturated heterocycles. The fourth-order valence-electron chi connectivity index (χ4n) is 2.18. The van der Waals surface area contributed by atoms with Gasteiger partial charge in [0.15, 0.2) is 0 Å². The average molecular weight is 263 g/mol. The van der Waals surface area contributed by atoms with E-state index in [2.05, 4.69) is 4.98 Å². The molecule has 5 nitrogen and oxygen atoms in total. The van der Waals surface area contributed by atoms with Gasteiger partial charge in [0.1, 0.15) is 11.4 Å². The van der Waals surface area contributed by atoms with Crippen LogP contribution in [0.1, 0.15) is 38.7 Å². The molecule has 0 spiro atoms. The maximum Gasteiger partial charge on any atom is 0.410 e. The van der Waals surface area contributed by atoms with Crippen LogP contribution in [0, 0.1) is 0 Å². The van der Waals surface area contributed by atoms with E-state index in [0.717, 1.165) is 18.5 Å². The Bertz CT molecular complexity index is 451. The smallest absolute Gasteiger partial charge is 0.410 e. The minimum atomic E-state index is -0.447. The van der Waals surface area contributed by atoms with Gasteiger partial charge in [-0.1, -0.05) is 6.07 Å². The number of anilines is 1. The molecule has 0 unspecified atom stereocenters. The van der Waals surface area contributed by atoms with Crippen molar-refractivity contribution in [2.75, 3.05) is 18.8 Å². The highest BCUT2D eigenvalue weighted by Gasteiger charge is 2.30. The number of nitrogens with two attached hydrogens (primary N) is 1. The maximum absolute atomic E-state index is 12.0. The lowest BCUT2D eigenvalue weighted by Crippen LogP contribution is -2.35. The minimum absolute atomic E-state index is 0.238. The Labute approximate surface area is 113 Å². The third kappa shape index (κ3) is 3.59. The summed E-state index contributed by atoms with van der Waals surface area (Å²) in [6.07, 6.45) is 2.49. The summed E-state index contributed by atoms with van der Waals surface area (Å²) in [7, 11) is 0. The Balaban J connectivity index is 1.96. The summed E-state index contributed by atoms with van der Waals surface area (Å²) in [6.45, 7) is 7.04. The van der Waals surface area contributed by atoms with E-state index in [0.29, 0.717) is 18.3 Å². The summed E-state index contributed by atoms with van der Waals surface area (Å²) in [5.74, 6) is 0.839. The number of ether oxygens (including phenoxy) is 1. The number of nitrogens with zero attached hydrogens (tertiary/aromatic N) is 2. The van der Waals surface area contributed by atoms with Crippen molar-refractivity contribution in [1.29, 1.82) is 0 Å². The number of pyridine rings is 1. The monoisotopic (exact) mass is 263 g/mol. The van der Waals surface area contributed by atoms with E-state index >= 15 is 0 Å². The van der Waals surface area contributed by atoms with Gasteiger partial charge in [0, 0.05) is 25.2 Å². The van der Waals surface area contributed by atoms with Gasteiger partial charge in [-0.05, 0) is 38.8 Å². The Morgan fingerprint density at radius 1 is 1.47 bits per heavy atom. The molecule has 104 valence electrons. The molecular formula is C14H21N3O2. The number of carbonyl (C=O) groups is 1. The molecule has 0 saturated carbocycles. The molecule has 1 amide bonds. The second-order valence-corrected chi connectivity index (χ2v) is 5.93. The first kappa shape index (κ1) is 13.6. The molecule has 2 heterocycles. The fraction of sp³-hybridized carbons (Fsp3) is 0.571. The van der Waals surface area contributed by atoms with E-state index in [-0.39, 0.29) is 6.09 Å². The van der Waals surface area contributed by atoms with Crippen LogP contribution in [0.2, 0.25) is 0 Å². The standard InChI is InChI=1S/C14H21N3O2/c1-14(2,3)19-13(18)17-7-6-11(9-17)10-4-5-12(15)16-8-10/h4-5,8,11H,6-7,9H2,1-3H3,(H2,15,16)/t11-/m0/s1. The van der Waals surface area contributed by atoms with Gasteiger partial charge in [-0.15, -0.1) is 0 Å². The summed E-state index contributed by atoms with van der Waals surface area (Å²) >= 11 is 0. The van der Waals surface area contributed by atoms with E-state index < -0.39 is 5.60 Å². The molecule has 1 fully saturated rings. The molecular weight excluding hydrogens is 242 g/mol. The predicted molar refractivity (Wildman–Crippen MR) is 73.8 cm³/mol. The molecule has 0 aromatic carbocycles. The molecule has 5 heteroatoms. The van der Waals surface area contributed by atoms with Gasteiger partial charge >= 0.3 is 6.09 Å². The van der Waals surface area contributed by atoms with Crippen molar-refractivity contribution in [3.8, 4) is 0 Å². The van der Waals surface area contributed by atoms with Crippen LogP contribution >= 0.6 is 0 Å². The lowest BCUT2D eigenvalue weighted by molar-refractivity contribution is 0.0292. The van der Waals surface area contributed by atoms with Crippen LogP contribution in [-0.4, -0.2) is 34.7 Å². The highest BCUT2D eigenvalue weighted by molar-refractivity contribution is 5.68. The molecule has 19 heavy (non-hydrogen) atoms. The molecule has 2 N–H and O–H groups in total. The van der Waals surface area contributed by atoms with Crippen molar-refractivity contribution < 1.29 is 9.53 Å². The lowest BCUT2D eigenvalue weighted by Gasteiger charge is -2.24. The zero-order chi connectivity index (χ0) is 14.0. The van der Waals surface area contributed by atoms with Crippen LogP contribution in [0.3, 0.4) is 0 Å². The Kier molecular flexibility index (Phi) is 3.64. The largest absolute Gasteiger partial charge is 0.444 e. The highest BCUT2D eigenvalue weighted by Crippen LogP contribution is 2.28. The van der Waals surface area contributed by atoms with E-state index in [1.165, 1.54) is 0 Å². The number of carbonyl (C=O) groups excluding carboxylic acids is 1. The Hall–Kier alpha value is -1.78. The number of aromatic nitrogens is 1. The van der Waals surface area contributed by atoms with Crippen LogP contribution < -0.4 is 5.73 Å². The minimum Gasteiger partial charge on any atom is -0.444 e. The topological polar surface area (TPSA) is 68.5 Å². The first-order valence-corrected chi connectivity index (χ1v) is 6.54. The number of rotatable bonds is 1. The first-order chi connectivity index (χ1) is 8.85. The van der Waals surface area contributed by atoms with Crippen molar-refractivity contribution in [3.05, 3.63) is 23.9 Å². The van der Waals surface area contributed by atoms with E-state index in [9.17, 15) is 4.79 Å². The van der Waals surface area contributed by atoms with Crippen molar-refractivity contribution in [2.45, 2.75) is 38.7 Å². The van der Waals surface area contributed by atoms with E-state index in [1.807, 2.05) is 26.8 Å². The van der Waals surface area contributed by atoms with Crippen LogP contribution in [-0.2, 0) is 4.74 Å². The van der Waals surface area contributed by atoms with E-state index in [4.69, 9.17) is 10.5 Å². The first-order valence-electron chi connectivity index (χ1n) is 6.54. The van der Waals surface area contributed by atoms with Crippen molar-refractivity contribution in [1.82, 2.24) is 9.88 Å². The number of hydrogen-bond acceptors (Lipinski definition) is 4. The van der Waals surface area contributed by atoms with Crippen LogP contribution in [0.25, 0.3) is 0 Å².